The minimum absolute atomic E-state index is 0.0704. The minimum Gasteiger partial charge on any atom is -0.465 e. The lowest BCUT2D eigenvalue weighted by atomic mass is 9.79. The minimum atomic E-state index is -0.847. The molecule has 1 aromatic heterocycles. The second kappa shape index (κ2) is 5.48. The predicted molar refractivity (Wildman–Crippen MR) is 68.8 cm³/mol. The molecule has 100 valence electrons. The van der Waals surface area contributed by atoms with Gasteiger partial charge in [0.15, 0.2) is 5.43 Å². The zero-order chi connectivity index (χ0) is 13.9. The third-order valence-electron chi connectivity index (χ3n) is 3.63. The summed E-state index contributed by atoms with van der Waals surface area (Å²) in [5.41, 5.74) is -0.405. The van der Waals surface area contributed by atoms with Crippen LogP contribution in [0.15, 0.2) is 15.3 Å². The lowest BCUT2D eigenvalue weighted by molar-refractivity contribution is -0.125. The average Bonchev–Trinajstić information content (AvgIpc) is 2.34. The van der Waals surface area contributed by atoms with E-state index in [0.29, 0.717) is 23.5 Å². The van der Waals surface area contributed by atoms with Crippen molar-refractivity contribution in [3.05, 3.63) is 33.4 Å². The van der Waals surface area contributed by atoms with Crippen molar-refractivity contribution in [1.82, 2.24) is 0 Å². The molecule has 0 spiro atoms. The average molecular weight is 252 g/mol. The second-order valence-electron chi connectivity index (χ2n) is 4.74. The van der Waals surface area contributed by atoms with E-state index < -0.39 is 5.41 Å². The zero-order valence-electron chi connectivity index (χ0n) is 11.4. The van der Waals surface area contributed by atoms with Crippen LogP contribution in [-0.2, 0) is 10.2 Å². The first-order valence-corrected chi connectivity index (χ1v) is 6.12. The normalized spacial score (nSPS) is 14.3. The number of carbonyl (C=O) groups excluding carboxylic acids is 1. The maximum absolute atomic E-state index is 12.1. The van der Waals surface area contributed by atoms with E-state index in [2.05, 4.69) is 0 Å². The molecule has 1 heterocycles. The topological polar surface area (TPSA) is 67.5 Å². The van der Waals surface area contributed by atoms with Gasteiger partial charge in [0, 0.05) is 24.7 Å². The molecule has 0 bridgehead atoms. The summed E-state index contributed by atoms with van der Waals surface area (Å²) in [6, 6.07) is 1.39. The van der Waals surface area contributed by atoms with Crippen molar-refractivity contribution in [1.29, 1.82) is 0 Å². The fourth-order valence-corrected chi connectivity index (χ4v) is 1.83. The predicted octanol–water partition coefficient (Wildman–Crippen LogP) is 1.88. The number of rotatable bonds is 5. The molecule has 1 rings (SSSR count). The number of aliphatic hydroxyl groups is 1. The standard InChI is InChI=1S/C14H20O4/c1-5-14(4,12(17)6-7-15)13-8-11(16)9(2)10(3)18-13/h8,15H,5-7H2,1-4H3. The van der Waals surface area contributed by atoms with Crippen molar-refractivity contribution >= 4 is 5.78 Å². The molecule has 0 radical (unpaired) electrons. The van der Waals surface area contributed by atoms with Gasteiger partial charge in [-0.05, 0) is 27.2 Å². The van der Waals surface area contributed by atoms with Crippen LogP contribution in [0.1, 0.15) is 43.8 Å². The van der Waals surface area contributed by atoms with Crippen LogP contribution in [0.3, 0.4) is 0 Å². The van der Waals surface area contributed by atoms with Gasteiger partial charge in [-0.1, -0.05) is 6.92 Å². The van der Waals surface area contributed by atoms with E-state index in [1.807, 2.05) is 6.92 Å². The summed E-state index contributed by atoms with van der Waals surface area (Å²) >= 11 is 0. The molecule has 0 aliphatic carbocycles. The number of carbonyl (C=O) groups is 1. The largest absolute Gasteiger partial charge is 0.465 e. The highest BCUT2D eigenvalue weighted by molar-refractivity contribution is 5.89. The van der Waals surface area contributed by atoms with Crippen LogP contribution in [0.2, 0.25) is 0 Å². The first-order chi connectivity index (χ1) is 8.36. The smallest absolute Gasteiger partial charge is 0.188 e. The Balaban J connectivity index is 3.33. The molecule has 0 amide bonds. The molecule has 0 fully saturated rings. The SMILES string of the molecule is CCC(C)(C(=O)CCO)c1cc(=O)c(C)c(C)o1. The van der Waals surface area contributed by atoms with Crippen molar-refractivity contribution in [2.45, 2.75) is 46.0 Å². The van der Waals surface area contributed by atoms with Gasteiger partial charge >= 0.3 is 0 Å². The summed E-state index contributed by atoms with van der Waals surface area (Å²) in [5, 5.41) is 8.88. The van der Waals surface area contributed by atoms with E-state index in [4.69, 9.17) is 9.52 Å². The molecule has 1 atom stereocenters. The van der Waals surface area contributed by atoms with E-state index in [1.165, 1.54) is 6.07 Å². The van der Waals surface area contributed by atoms with Gasteiger partial charge in [-0.3, -0.25) is 9.59 Å². The number of hydrogen-bond donors (Lipinski definition) is 1. The Hall–Kier alpha value is -1.42. The molecule has 0 aromatic carbocycles. The molecule has 0 saturated heterocycles. The Bertz CT molecular complexity index is 501. The maximum atomic E-state index is 12.1. The fourth-order valence-electron chi connectivity index (χ4n) is 1.83. The highest BCUT2D eigenvalue weighted by atomic mass is 16.3. The maximum Gasteiger partial charge on any atom is 0.188 e. The van der Waals surface area contributed by atoms with Gasteiger partial charge in [-0.2, -0.15) is 0 Å². The highest BCUT2D eigenvalue weighted by Crippen LogP contribution is 2.30. The summed E-state index contributed by atoms with van der Waals surface area (Å²) in [7, 11) is 0. The molecule has 1 unspecified atom stereocenters. The van der Waals surface area contributed by atoms with Crippen LogP contribution in [0.5, 0.6) is 0 Å². The van der Waals surface area contributed by atoms with Crippen LogP contribution in [-0.4, -0.2) is 17.5 Å². The third-order valence-corrected chi connectivity index (χ3v) is 3.63. The third kappa shape index (κ3) is 2.53. The van der Waals surface area contributed by atoms with E-state index in [0.717, 1.165) is 0 Å². The van der Waals surface area contributed by atoms with Crippen LogP contribution in [0, 0.1) is 13.8 Å². The van der Waals surface area contributed by atoms with Gasteiger partial charge in [0.05, 0.1) is 5.41 Å². The first kappa shape index (κ1) is 14.6. The quantitative estimate of drug-likeness (QED) is 0.868. The summed E-state index contributed by atoms with van der Waals surface area (Å²) in [5.74, 6) is 0.810. The molecule has 1 N–H and O–H groups in total. The Morgan fingerprint density at radius 1 is 1.44 bits per heavy atom. The van der Waals surface area contributed by atoms with E-state index in [-0.39, 0.29) is 24.2 Å². The molecule has 4 nitrogen and oxygen atoms in total. The van der Waals surface area contributed by atoms with Crippen LogP contribution >= 0.6 is 0 Å². The lowest BCUT2D eigenvalue weighted by Crippen LogP contribution is -2.33. The Morgan fingerprint density at radius 2 is 2.06 bits per heavy atom. The van der Waals surface area contributed by atoms with Crippen LogP contribution < -0.4 is 5.43 Å². The summed E-state index contributed by atoms with van der Waals surface area (Å²) in [6.07, 6.45) is 0.595. The van der Waals surface area contributed by atoms with Gasteiger partial charge in [0.25, 0.3) is 0 Å². The summed E-state index contributed by atoms with van der Waals surface area (Å²) in [6.45, 7) is 6.84. The zero-order valence-corrected chi connectivity index (χ0v) is 11.4. The molecule has 18 heavy (non-hydrogen) atoms. The van der Waals surface area contributed by atoms with E-state index in [1.54, 1.807) is 20.8 Å². The van der Waals surface area contributed by atoms with Crippen LogP contribution in [0.25, 0.3) is 0 Å². The number of aryl methyl sites for hydroxylation is 1. The van der Waals surface area contributed by atoms with Crippen molar-refractivity contribution in [3.63, 3.8) is 0 Å². The number of Topliss-reactive ketones (excluding diaryl/α,β-unsaturated/α-hetero) is 1. The molecular formula is C14H20O4. The number of hydrogen-bond acceptors (Lipinski definition) is 4. The molecule has 0 saturated carbocycles. The molecule has 1 aromatic rings. The van der Waals surface area contributed by atoms with Crippen molar-refractivity contribution in [3.8, 4) is 0 Å². The Labute approximate surface area is 107 Å². The van der Waals surface area contributed by atoms with Gasteiger partial charge in [0.2, 0.25) is 0 Å². The molecule has 4 heteroatoms. The van der Waals surface area contributed by atoms with Gasteiger partial charge in [-0.25, -0.2) is 0 Å². The summed E-state index contributed by atoms with van der Waals surface area (Å²) < 4.78 is 5.61. The fraction of sp³-hybridized carbons (Fsp3) is 0.571. The van der Waals surface area contributed by atoms with Crippen molar-refractivity contribution in [2.24, 2.45) is 0 Å². The summed E-state index contributed by atoms with van der Waals surface area (Å²) in [4.78, 5) is 23.9. The molecular weight excluding hydrogens is 232 g/mol. The van der Waals surface area contributed by atoms with E-state index >= 15 is 0 Å². The molecule has 0 aliphatic rings. The van der Waals surface area contributed by atoms with E-state index in [9.17, 15) is 9.59 Å². The van der Waals surface area contributed by atoms with Crippen LogP contribution in [0.4, 0.5) is 0 Å². The number of ketones is 1. The van der Waals surface area contributed by atoms with Crippen molar-refractivity contribution < 1.29 is 14.3 Å². The van der Waals surface area contributed by atoms with Crippen molar-refractivity contribution in [2.75, 3.05) is 6.61 Å². The number of aliphatic hydroxyl groups excluding tert-OH is 1. The van der Waals surface area contributed by atoms with Gasteiger partial charge in [0.1, 0.15) is 17.3 Å². The monoisotopic (exact) mass is 252 g/mol. The Kier molecular flexibility index (Phi) is 4.46. The van der Waals surface area contributed by atoms with Gasteiger partial charge in [-0.15, -0.1) is 0 Å². The first-order valence-electron chi connectivity index (χ1n) is 6.12. The molecule has 0 aliphatic heterocycles. The van der Waals surface area contributed by atoms with Gasteiger partial charge < -0.3 is 9.52 Å². The second-order valence-corrected chi connectivity index (χ2v) is 4.74. The Morgan fingerprint density at radius 3 is 2.50 bits per heavy atom. The highest BCUT2D eigenvalue weighted by Gasteiger charge is 2.35. The lowest BCUT2D eigenvalue weighted by Gasteiger charge is -2.25.